The van der Waals surface area contributed by atoms with Crippen LogP contribution in [0.5, 0.6) is 0 Å². The Kier molecular flexibility index (Phi) is 5.82. The first-order valence-corrected chi connectivity index (χ1v) is 9.65. The van der Waals surface area contributed by atoms with Crippen LogP contribution in [0.1, 0.15) is 25.3 Å². The molecular weight excluding hydrogens is 426 g/mol. The predicted molar refractivity (Wildman–Crippen MR) is 115 cm³/mol. The number of amides is 2. The molecule has 2 aromatic rings. The molecule has 1 heterocycles. The van der Waals surface area contributed by atoms with E-state index in [0.717, 1.165) is 4.47 Å². The van der Waals surface area contributed by atoms with Crippen molar-refractivity contribution in [3.8, 4) is 0 Å². The van der Waals surface area contributed by atoms with Gasteiger partial charge in [0.05, 0.1) is 11.4 Å². The van der Waals surface area contributed by atoms with Crippen molar-refractivity contribution < 1.29 is 9.59 Å². The highest BCUT2D eigenvalue weighted by atomic mass is 79.9. The van der Waals surface area contributed by atoms with E-state index in [-0.39, 0.29) is 5.11 Å². The molecule has 138 valence electrons. The van der Waals surface area contributed by atoms with Crippen molar-refractivity contribution in [2.45, 2.75) is 19.8 Å². The lowest BCUT2D eigenvalue weighted by molar-refractivity contribution is -0.130. The zero-order valence-electron chi connectivity index (χ0n) is 14.8. The lowest BCUT2D eigenvalue weighted by atomic mass is 10.0. The maximum Gasteiger partial charge on any atom is 0.251 e. The molecule has 0 aromatic heterocycles. The second-order valence-electron chi connectivity index (χ2n) is 6.45. The highest BCUT2D eigenvalue weighted by Crippen LogP contribution is 2.23. The van der Waals surface area contributed by atoms with E-state index in [0.29, 0.717) is 17.3 Å². The molecule has 27 heavy (non-hydrogen) atoms. The van der Waals surface area contributed by atoms with Crippen LogP contribution in [-0.4, -0.2) is 23.1 Å². The first-order chi connectivity index (χ1) is 12.9. The summed E-state index contributed by atoms with van der Waals surface area (Å²) in [6.45, 7) is 4.23. The van der Waals surface area contributed by atoms with Crippen LogP contribution in [-0.2, 0) is 9.59 Å². The number of hydrogen-bond donors (Lipinski definition) is 1. The summed E-state index contributed by atoms with van der Waals surface area (Å²) in [7, 11) is 0. The number of carbonyl (C=O) groups is 2. The van der Waals surface area contributed by atoms with E-state index in [1.165, 1.54) is 16.7 Å². The van der Waals surface area contributed by atoms with Gasteiger partial charge in [-0.25, -0.2) is 0 Å². The standard InChI is InChI=1S/C20H18BrN3O2S/c1-12(2)13-3-7-15(8-4-13)22-11-17-18(25)23-20(27)24(19(17)26)16-9-5-14(21)6-10-16/h3-12,17H,1-2H3,(H,23,25,27)/t17-/m1/s1. The van der Waals surface area contributed by atoms with Crippen LogP contribution in [0.15, 0.2) is 58.0 Å². The molecule has 2 aromatic carbocycles. The minimum absolute atomic E-state index is 0.0678. The van der Waals surface area contributed by atoms with Crippen LogP contribution >= 0.6 is 28.1 Å². The summed E-state index contributed by atoms with van der Waals surface area (Å²) >= 11 is 8.54. The average Bonchev–Trinajstić information content (AvgIpc) is 2.63. The number of carbonyl (C=O) groups excluding carboxylic acids is 2. The number of nitrogens with zero attached hydrogens (tertiary/aromatic N) is 2. The summed E-state index contributed by atoms with van der Waals surface area (Å²) in [5.41, 5.74) is 2.48. The van der Waals surface area contributed by atoms with Gasteiger partial charge in [-0.3, -0.25) is 19.5 Å². The molecule has 0 radical (unpaired) electrons. The fourth-order valence-corrected chi connectivity index (χ4v) is 3.22. The van der Waals surface area contributed by atoms with Crippen LogP contribution < -0.4 is 10.2 Å². The Bertz CT molecular complexity index is 908. The molecule has 1 aliphatic heterocycles. The summed E-state index contributed by atoms with van der Waals surface area (Å²) < 4.78 is 0.883. The monoisotopic (exact) mass is 443 g/mol. The van der Waals surface area contributed by atoms with Gasteiger partial charge in [-0.15, -0.1) is 0 Å². The van der Waals surface area contributed by atoms with Crippen LogP contribution in [0, 0.1) is 5.92 Å². The number of nitrogens with one attached hydrogen (secondary N) is 1. The normalized spacial score (nSPS) is 17.7. The zero-order chi connectivity index (χ0) is 19.6. The van der Waals surface area contributed by atoms with Crippen molar-refractivity contribution in [3.05, 3.63) is 58.6 Å². The van der Waals surface area contributed by atoms with E-state index in [2.05, 4.69) is 40.1 Å². The number of hydrogen-bond acceptors (Lipinski definition) is 4. The molecule has 0 saturated carbocycles. The molecule has 0 aliphatic carbocycles. The predicted octanol–water partition coefficient (Wildman–Crippen LogP) is 4.34. The number of anilines is 1. The van der Waals surface area contributed by atoms with E-state index in [1.807, 2.05) is 24.3 Å². The Labute approximate surface area is 171 Å². The first-order valence-electron chi connectivity index (χ1n) is 8.45. The lowest BCUT2D eigenvalue weighted by Crippen LogP contribution is -2.58. The molecule has 1 N–H and O–H groups in total. The molecule has 1 aliphatic rings. The Morgan fingerprint density at radius 2 is 1.74 bits per heavy atom. The largest absolute Gasteiger partial charge is 0.301 e. The number of thiocarbonyl (C=S) groups is 1. The maximum atomic E-state index is 12.9. The lowest BCUT2D eigenvalue weighted by Gasteiger charge is -2.30. The van der Waals surface area contributed by atoms with Crippen LogP contribution in [0.3, 0.4) is 0 Å². The molecule has 3 rings (SSSR count). The van der Waals surface area contributed by atoms with Crippen LogP contribution in [0.4, 0.5) is 11.4 Å². The van der Waals surface area contributed by atoms with E-state index in [1.54, 1.807) is 24.3 Å². The minimum Gasteiger partial charge on any atom is -0.301 e. The van der Waals surface area contributed by atoms with Gasteiger partial charge < -0.3 is 5.32 Å². The molecular formula is C20H18BrN3O2S. The Hall–Kier alpha value is -2.38. The van der Waals surface area contributed by atoms with Gasteiger partial charge in [0.15, 0.2) is 11.0 Å². The molecule has 7 heteroatoms. The van der Waals surface area contributed by atoms with E-state index < -0.39 is 17.7 Å². The summed E-state index contributed by atoms with van der Waals surface area (Å²) in [4.78, 5) is 30.8. The highest BCUT2D eigenvalue weighted by molar-refractivity contribution is 9.10. The Balaban J connectivity index is 1.83. The fourth-order valence-electron chi connectivity index (χ4n) is 2.66. The number of rotatable bonds is 4. The quantitative estimate of drug-likeness (QED) is 0.434. The summed E-state index contributed by atoms with van der Waals surface area (Å²) in [6.07, 6.45) is 1.37. The molecule has 5 nitrogen and oxygen atoms in total. The van der Waals surface area contributed by atoms with Gasteiger partial charge in [-0.2, -0.15) is 0 Å². The third-order valence-electron chi connectivity index (χ3n) is 4.22. The summed E-state index contributed by atoms with van der Waals surface area (Å²) in [5.74, 6) is -1.51. The van der Waals surface area contributed by atoms with Crippen molar-refractivity contribution in [2.24, 2.45) is 10.9 Å². The van der Waals surface area contributed by atoms with Crippen molar-refractivity contribution in [1.82, 2.24) is 5.32 Å². The Morgan fingerprint density at radius 3 is 2.33 bits per heavy atom. The molecule has 1 saturated heterocycles. The molecule has 2 amide bonds. The van der Waals surface area contributed by atoms with E-state index >= 15 is 0 Å². The smallest absolute Gasteiger partial charge is 0.251 e. The first kappa shape index (κ1) is 19.4. The van der Waals surface area contributed by atoms with Crippen molar-refractivity contribution >= 4 is 62.7 Å². The summed E-state index contributed by atoms with van der Waals surface area (Å²) in [6, 6.07) is 14.8. The van der Waals surface area contributed by atoms with Crippen molar-refractivity contribution in [2.75, 3.05) is 4.90 Å². The van der Waals surface area contributed by atoms with Gasteiger partial charge >= 0.3 is 0 Å². The topological polar surface area (TPSA) is 61.8 Å². The van der Waals surface area contributed by atoms with E-state index in [9.17, 15) is 9.59 Å². The van der Waals surface area contributed by atoms with Crippen molar-refractivity contribution in [3.63, 3.8) is 0 Å². The zero-order valence-corrected chi connectivity index (χ0v) is 17.3. The van der Waals surface area contributed by atoms with Crippen molar-refractivity contribution in [1.29, 1.82) is 0 Å². The van der Waals surface area contributed by atoms with Gasteiger partial charge in [0, 0.05) is 10.7 Å². The number of halogens is 1. The minimum atomic E-state index is -1.04. The highest BCUT2D eigenvalue weighted by Gasteiger charge is 2.38. The van der Waals surface area contributed by atoms with E-state index in [4.69, 9.17) is 12.2 Å². The number of benzene rings is 2. The molecule has 0 spiro atoms. The van der Waals surface area contributed by atoms with Gasteiger partial charge in [0.25, 0.3) is 5.91 Å². The fraction of sp³-hybridized carbons (Fsp3) is 0.200. The summed E-state index contributed by atoms with van der Waals surface area (Å²) in [5, 5.41) is 2.65. The van der Waals surface area contributed by atoms with Crippen LogP contribution in [0.25, 0.3) is 0 Å². The second kappa shape index (κ2) is 8.10. The Morgan fingerprint density at radius 1 is 1.11 bits per heavy atom. The van der Waals surface area contributed by atoms with Gasteiger partial charge in [0.2, 0.25) is 5.91 Å². The van der Waals surface area contributed by atoms with Gasteiger partial charge in [0.1, 0.15) is 0 Å². The third kappa shape index (κ3) is 4.31. The third-order valence-corrected chi connectivity index (χ3v) is 5.03. The van der Waals surface area contributed by atoms with Gasteiger partial charge in [-0.1, -0.05) is 41.9 Å². The second-order valence-corrected chi connectivity index (χ2v) is 7.75. The molecule has 1 fully saturated rings. The number of aliphatic imine (C=N–C) groups is 1. The van der Waals surface area contributed by atoms with Gasteiger partial charge in [-0.05, 0) is 60.1 Å². The van der Waals surface area contributed by atoms with Crippen LogP contribution in [0.2, 0.25) is 0 Å². The SMILES string of the molecule is CC(C)c1ccc(N=C[C@@H]2C(=O)NC(=S)N(c3ccc(Br)cc3)C2=O)cc1. The average molecular weight is 444 g/mol. The molecule has 0 unspecified atom stereocenters. The molecule has 0 bridgehead atoms. The maximum absolute atomic E-state index is 12.9. The molecule has 1 atom stereocenters.